The van der Waals surface area contributed by atoms with Crippen molar-refractivity contribution in [2.24, 2.45) is 17.6 Å². The molecular formula is C16H26N2O. The Morgan fingerprint density at radius 3 is 2.26 bits per heavy atom. The van der Waals surface area contributed by atoms with E-state index in [9.17, 15) is 4.79 Å². The van der Waals surface area contributed by atoms with Crippen LogP contribution >= 0.6 is 0 Å². The highest BCUT2D eigenvalue weighted by molar-refractivity contribution is 5.79. The molecule has 1 aromatic rings. The van der Waals surface area contributed by atoms with Crippen LogP contribution < -0.4 is 5.73 Å². The highest BCUT2D eigenvalue weighted by Gasteiger charge is 2.25. The van der Waals surface area contributed by atoms with E-state index >= 15 is 0 Å². The van der Waals surface area contributed by atoms with Crippen LogP contribution in [0.1, 0.15) is 26.3 Å². The van der Waals surface area contributed by atoms with E-state index in [1.165, 1.54) is 0 Å². The molecule has 2 atom stereocenters. The smallest absolute Gasteiger partial charge is 0.227 e. The van der Waals surface area contributed by atoms with Crippen LogP contribution in [0.15, 0.2) is 30.3 Å². The number of benzene rings is 1. The molecule has 3 heteroatoms. The number of carbonyl (C=O) groups excluding carboxylic acids is 1. The van der Waals surface area contributed by atoms with Gasteiger partial charge in [0.1, 0.15) is 0 Å². The first-order chi connectivity index (χ1) is 8.97. The van der Waals surface area contributed by atoms with Crippen molar-refractivity contribution in [3.05, 3.63) is 35.9 Å². The van der Waals surface area contributed by atoms with Crippen molar-refractivity contribution in [3.63, 3.8) is 0 Å². The summed E-state index contributed by atoms with van der Waals surface area (Å²) in [5.41, 5.74) is 6.95. The minimum Gasteiger partial charge on any atom is -0.343 e. The fraction of sp³-hybridized carbons (Fsp3) is 0.562. The summed E-state index contributed by atoms with van der Waals surface area (Å²) in [6, 6.07) is 10.3. The normalized spacial score (nSPS) is 14.2. The monoisotopic (exact) mass is 262 g/mol. The van der Waals surface area contributed by atoms with Crippen LogP contribution in [0, 0.1) is 11.8 Å². The van der Waals surface area contributed by atoms with Crippen LogP contribution in [0.4, 0.5) is 0 Å². The number of rotatable bonds is 6. The Kier molecular flexibility index (Phi) is 6.03. The zero-order valence-corrected chi connectivity index (χ0v) is 12.5. The maximum Gasteiger partial charge on any atom is 0.227 e. The summed E-state index contributed by atoms with van der Waals surface area (Å²) in [6.45, 7) is 6.73. The molecule has 19 heavy (non-hydrogen) atoms. The van der Waals surface area contributed by atoms with Crippen LogP contribution in [0.5, 0.6) is 0 Å². The number of nitrogens with two attached hydrogens (primary N) is 1. The lowest BCUT2D eigenvalue weighted by atomic mass is 9.96. The summed E-state index contributed by atoms with van der Waals surface area (Å²) >= 11 is 0. The molecule has 1 rings (SSSR count). The Hall–Kier alpha value is -1.35. The third-order valence-electron chi connectivity index (χ3n) is 3.88. The van der Waals surface area contributed by atoms with E-state index in [0.717, 1.165) is 5.56 Å². The second-order valence-electron chi connectivity index (χ2n) is 5.56. The largest absolute Gasteiger partial charge is 0.343 e. The van der Waals surface area contributed by atoms with Crippen molar-refractivity contribution in [3.8, 4) is 0 Å². The van der Waals surface area contributed by atoms with Crippen molar-refractivity contribution in [2.75, 3.05) is 13.6 Å². The molecule has 1 amide bonds. The minimum atomic E-state index is -0.131. The molecule has 0 spiro atoms. The molecule has 0 aromatic heterocycles. The fourth-order valence-corrected chi connectivity index (χ4v) is 2.11. The van der Waals surface area contributed by atoms with E-state index in [1.807, 2.05) is 42.3 Å². The van der Waals surface area contributed by atoms with Gasteiger partial charge in [0.2, 0.25) is 5.91 Å². The van der Waals surface area contributed by atoms with Gasteiger partial charge in [-0.05, 0) is 24.8 Å². The molecule has 0 aliphatic heterocycles. The van der Waals surface area contributed by atoms with E-state index in [4.69, 9.17) is 5.73 Å². The van der Waals surface area contributed by atoms with Gasteiger partial charge in [-0.25, -0.2) is 0 Å². The second-order valence-corrected chi connectivity index (χ2v) is 5.56. The molecule has 0 saturated carbocycles. The minimum absolute atomic E-state index is 0.131. The maximum atomic E-state index is 12.5. The Morgan fingerprint density at radius 2 is 1.79 bits per heavy atom. The van der Waals surface area contributed by atoms with Crippen LogP contribution in [0.25, 0.3) is 0 Å². The third kappa shape index (κ3) is 4.35. The molecule has 2 unspecified atom stereocenters. The van der Waals surface area contributed by atoms with Gasteiger partial charge in [-0.3, -0.25) is 4.79 Å². The molecule has 0 aliphatic rings. The lowest BCUT2D eigenvalue weighted by Gasteiger charge is -2.31. The van der Waals surface area contributed by atoms with Gasteiger partial charge >= 0.3 is 0 Å². The van der Waals surface area contributed by atoms with Gasteiger partial charge < -0.3 is 10.6 Å². The van der Waals surface area contributed by atoms with E-state index in [1.54, 1.807) is 0 Å². The van der Waals surface area contributed by atoms with Crippen molar-refractivity contribution < 1.29 is 4.79 Å². The topological polar surface area (TPSA) is 46.3 Å². The molecule has 0 heterocycles. The summed E-state index contributed by atoms with van der Waals surface area (Å²) in [6.07, 6.45) is 0.714. The van der Waals surface area contributed by atoms with Gasteiger partial charge in [0.05, 0.1) is 5.92 Å². The molecular weight excluding hydrogens is 236 g/mol. The van der Waals surface area contributed by atoms with Crippen LogP contribution in [-0.2, 0) is 11.2 Å². The molecule has 2 N–H and O–H groups in total. The summed E-state index contributed by atoms with van der Waals surface area (Å²) in [4.78, 5) is 14.3. The van der Waals surface area contributed by atoms with E-state index < -0.39 is 0 Å². The molecule has 0 bridgehead atoms. The first-order valence-corrected chi connectivity index (χ1v) is 6.98. The van der Waals surface area contributed by atoms with Gasteiger partial charge in [-0.15, -0.1) is 0 Å². The van der Waals surface area contributed by atoms with Gasteiger partial charge in [0, 0.05) is 19.6 Å². The van der Waals surface area contributed by atoms with Crippen molar-refractivity contribution >= 4 is 5.91 Å². The van der Waals surface area contributed by atoms with E-state index in [0.29, 0.717) is 18.9 Å². The Bertz CT molecular complexity index is 389. The van der Waals surface area contributed by atoms with Gasteiger partial charge in [-0.1, -0.05) is 44.2 Å². The molecule has 106 valence electrons. The van der Waals surface area contributed by atoms with Crippen LogP contribution in [0.3, 0.4) is 0 Å². The molecule has 0 saturated heterocycles. The highest BCUT2D eigenvalue weighted by atomic mass is 16.2. The standard InChI is InChI=1S/C16H26N2O/c1-12(2)13(3)18(4)16(19)15(11-17)10-14-8-6-5-7-9-14/h5-9,12-13,15H,10-11,17H2,1-4H3. The van der Waals surface area contributed by atoms with Gasteiger partial charge in [0.15, 0.2) is 0 Å². The van der Waals surface area contributed by atoms with E-state index in [-0.39, 0.29) is 17.9 Å². The first-order valence-electron chi connectivity index (χ1n) is 6.98. The van der Waals surface area contributed by atoms with Gasteiger partial charge in [0.25, 0.3) is 0 Å². The molecule has 3 nitrogen and oxygen atoms in total. The highest BCUT2D eigenvalue weighted by Crippen LogP contribution is 2.15. The maximum absolute atomic E-state index is 12.5. The second kappa shape index (κ2) is 7.29. The van der Waals surface area contributed by atoms with Crippen molar-refractivity contribution in [1.29, 1.82) is 0 Å². The summed E-state index contributed by atoms with van der Waals surface area (Å²) in [5, 5.41) is 0. The third-order valence-corrected chi connectivity index (χ3v) is 3.88. The summed E-state index contributed by atoms with van der Waals surface area (Å²) < 4.78 is 0. The average Bonchev–Trinajstić information content (AvgIpc) is 2.43. The Balaban J connectivity index is 2.72. The van der Waals surface area contributed by atoms with Gasteiger partial charge in [-0.2, -0.15) is 0 Å². The predicted octanol–water partition coefficient (Wildman–Crippen LogP) is 2.31. The number of hydrogen-bond donors (Lipinski definition) is 1. The fourth-order valence-electron chi connectivity index (χ4n) is 2.11. The summed E-state index contributed by atoms with van der Waals surface area (Å²) in [7, 11) is 1.88. The zero-order valence-electron chi connectivity index (χ0n) is 12.5. The molecule has 1 aromatic carbocycles. The summed E-state index contributed by atoms with van der Waals surface area (Å²) in [5.74, 6) is 0.463. The molecule has 0 radical (unpaired) electrons. The van der Waals surface area contributed by atoms with Crippen molar-refractivity contribution in [1.82, 2.24) is 4.90 Å². The number of amides is 1. The number of nitrogens with zero attached hydrogens (tertiary/aromatic N) is 1. The van der Waals surface area contributed by atoms with Crippen LogP contribution in [0.2, 0.25) is 0 Å². The van der Waals surface area contributed by atoms with Crippen molar-refractivity contribution in [2.45, 2.75) is 33.2 Å². The lowest BCUT2D eigenvalue weighted by Crippen LogP contribution is -2.44. The lowest BCUT2D eigenvalue weighted by molar-refractivity contribution is -0.136. The Morgan fingerprint density at radius 1 is 1.21 bits per heavy atom. The first kappa shape index (κ1) is 15.7. The molecule has 0 fully saturated rings. The SMILES string of the molecule is CC(C)C(C)N(C)C(=O)C(CN)Cc1ccccc1. The number of hydrogen-bond acceptors (Lipinski definition) is 2. The predicted molar refractivity (Wildman–Crippen MR) is 79.8 cm³/mol. The van der Waals surface area contributed by atoms with Crippen LogP contribution in [-0.4, -0.2) is 30.4 Å². The van der Waals surface area contributed by atoms with E-state index in [2.05, 4.69) is 20.8 Å². The average molecular weight is 262 g/mol. The zero-order chi connectivity index (χ0) is 14.4. The quantitative estimate of drug-likeness (QED) is 0.855. The Labute approximate surface area is 116 Å². The molecule has 0 aliphatic carbocycles. The number of carbonyl (C=O) groups is 1.